The number of nitrogens with two attached hydrogens (primary N) is 1. The molecule has 0 aromatic carbocycles. The molecule has 1 aliphatic heterocycles. The Morgan fingerprint density at radius 2 is 2.18 bits per heavy atom. The number of pyridine rings is 1. The number of aryl methyl sites for hydroxylation is 1. The van der Waals surface area contributed by atoms with Gasteiger partial charge in [0.1, 0.15) is 11.7 Å². The summed E-state index contributed by atoms with van der Waals surface area (Å²) in [5.41, 5.74) is 7.45. The number of anilines is 1. The van der Waals surface area contributed by atoms with Crippen LogP contribution in [0.15, 0.2) is 12.1 Å². The molecule has 1 fully saturated rings. The van der Waals surface area contributed by atoms with Gasteiger partial charge in [0, 0.05) is 17.8 Å². The van der Waals surface area contributed by atoms with Crippen molar-refractivity contribution in [1.82, 2.24) is 4.98 Å². The molecule has 0 radical (unpaired) electrons. The molecule has 0 atom stereocenters. The average molecular weight is 232 g/mol. The summed E-state index contributed by atoms with van der Waals surface area (Å²) in [5, 5.41) is 7.65. The molecule has 0 saturated carbocycles. The molecule has 0 unspecified atom stereocenters. The van der Waals surface area contributed by atoms with E-state index in [9.17, 15) is 0 Å². The molecule has 0 spiro atoms. The highest BCUT2D eigenvalue weighted by Gasteiger charge is 2.34. The van der Waals surface area contributed by atoms with Crippen LogP contribution in [0.1, 0.15) is 37.9 Å². The van der Waals surface area contributed by atoms with Crippen LogP contribution in [0.3, 0.4) is 0 Å². The number of rotatable bonds is 2. The third-order valence-electron chi connectivity index (χ3n) is 3.46. The summed E-state index contributed by atoms with van der Waals surface area (Å²) in [6.45, 7) is 7.39. The van der Waals surface area contributed by atoms with Gasteiger partial charge in [-0.05, 0) is 45.7 Å². The first-order valence-corrected chi connectivity index (χ1v) is 6.01. The van der Waals surface area contributed by atoms with E-state index < -0.39 is 0 Å². The first-order chi connectivity index (χ1) is 7.92. The zero-order chi connectivity index (χ0) is 12.6. The van der Waals surface area contributed by atoms with Gasteiger partial charge in [-0.2, -0.15) is 0 Å². The Morgan fingerprint density at radius 3 is 2.71 bits per heavy atom. The molecule has 0 bridgehead atoms. The van der Waals surface area contributed by atoms with Crippen LogP contribution in [0.2, 0.25) is 0 Å². The van der Waals surface area contributed by atoms with Gasteiger partial charge in [-0.3, -0.25) is 5.41 Å². The number of nitrogens with one attached hydrogen (secondary N) is 1. The summed E-state index contributed by atoms with van der Waals surface area (Å²) in [6, 6.07) is 3.80. The average Bonchev–Trinajstić information content (AvgIpc) is 2.57. The molecular weight excluding hydrogens is 212 g/mol. The molecule has 2 heterocycles. The fourth-order valence-corrected chi connectivity index (χ4v) is 2.46. The van der Waals surface area contributed by atoms with Crippen molar-refractivity contribution >= 4 is 11.7 Å². The van der Waals surface area contributed by atoms with Crippen LogP contribution in [0, 0.1) is 12.3 Å². The fraction of sp³-hybridized carbons (Fsp3) is 0.538. The molecule has 4 heteroatoms. The van der Waals surface area contributed by atoms with Crippen LogP contribution in [0.5, 0.6) is 0 Å². The Labute approximate surface area is 102 Å². The lowest BCUT2D eigenvalue weighted by atomic mass is 10.0. The monoisotopic (exact) mass is 232 g/mol. The second-order valence-corrected chi connectivity index (χ2v) is 5.31. The van der Waals surface area contributed by atoms with Crippen molar-refractivity contribution in [3.8, 4) is 0 Å². The van der Waals surface area contributed by atoms with E-state index in [0.717, 1.165) is 30.0 Å². The van der Waals surface area contributed by atoms with Gasteiger partial charge in [0.2, 0.25) is 0 Å². The SMILES string of the molecule is Cc1ccc(C(=N)N)c(N2CCCC2(C)C)n1. The third kappa shape index (κ3) is 2.12. The van der Waals surface area contributed by atoms with Crippen molar-refractivity contribution in [2.45, 2.75) is 39.2 Å². The van der Waals surface area contributed by atoms with E-state index in [4.69, 9.17) is 11.1 Å². The zero-order valence-electron chi connectivity index (χ0n) is 10.7. The lowest BCUT2D eigenvalue weighted by Gasteiger charge is -2.34. The van der Waals surface area contributed by atoms with E-state index >= 15 is 0 Å². The molecule has 0 aliphatic carbocycles. The number of nitrogens with zero attached hydrogens (tertiary/aromatic N) is 2. The second kappa shape index (κ2) is 4.02. The Kier molecular flexibility index (Phi) is 2.81. The van der Waals surface area contributed by atoms with E-state index in [1.54, 1.807) is 0 Å². The van der Waals surface area contributed by atoms with Crippen LogP contribution in [0.25, 0.3) is 0 Å². The number of nitrogen functional groups attached to an aromatic ring is 1. The van der Waals surface area contributed by atoms with Crippen LogP contribution in [-0.4, -0.2) is 22.9 Å². The minimum absolute atomic E-state index is 0.0928. The van der Waals surface area contributed by atoms with Crippen LogP contribution in [0.4, 0.5) is 5.82 Å². The summed E-state index contributed by atoms with van der Waals surface area (Å²) < 4.78 is 0. The summed E-state index contributed by atoms with van der Waals surface area (Å²) in [4.78, 5) is 6.85. The minimum atomic E-state index is 0.0928. The number of amidine groups is 1. The van der Waals surface area contributed by atoms with E-state index in [1.165, 1.54) is 6.42 Å². The Bertz CT molecular complexity index is 451. The Hall–Kier alpha value is -1.58. The summed E-state index contributed by atoms with van der Waals surface area (Å²) in [7, 11) is 0. The Morgan fingerprint density at radius 1 is 1.47 bits per heavy atom. The smallest absolute Gasteiger partial charge is 0.140 e. The highest BCUT2D eigenvalue weighted by molar-refractivity contribution is 5.99. The largest absolute Gasteiger partial charge is 0.384 e. The van der Waals surface area contributed by atoms with Gasteiger partial charge in [0.25, 0.3) is 0 Å². The topological polar surface area (TPSA) is 66.0 Å². The van der Waals surface area contributed by atoms with Gasteiger partial charge in [0.15, 0.2) is 0 Å². The third-order valence-corrected chi connectivity index (χ3v) is 3.46. The van der Waals surface area contributed by atoms with Gasteiger partial charge in [0.05, 0.1) is 5.56 Å². The van der Waals surface area contributed by atoms with Crippen molar-refractivity contribution in [3.63, 3.8) is 0 Å². The van der Waals surface area contributed by atoms with Gasteiger partial charge in [-0.15, -0.1) is 0 Å². The highest BCUT2D eigenvalue weighted by atomic mass is 15.3. The fourth-order valence-electron chi connectivity index (χ4n) is 2.46. The van der Waals surface area contributed by atoms with E-state index in [-0.39, 0.29) is 11.4 Å². The number of aromatic nitrogens is 1. The van der Waals surface area contributed by atoms with Gasteiger partial charge in [-0.25, -0.2) is 4.98 Å². The molecular formula is C13H20N4. The van der Waals surface area contributed by atoms with Gasteiger partial charge < -0.3 is 10.6 Å². The molecule has 1 aliphatic rings. The van der Waals surface area contributed by atoms with Crippen molar-refractivity contribution in [1.29, 1.82) is 5.41 Å². The molecule has 2 rings (SSSR count). The maximum atomic E-state index is 7.65. The molecule has 1 aromatic rings. The van der Waals surface area contributed by atoms with Crippen molar-refractivity contribution in [2.24, 2.45) is 5.73 Å². The molecule has 1 saturated heterocycles. The molecule has 1 aromatic heterocycles. The molecule has 17 heavy (non-hydrogen) atoms. The predicted octanol–water partition coefficient (Wildman–Crippen LogP) is 2.05. The maximum Gasteiger partial charge on any atom is 0.140 e. The number of hydrogen-bond donors (Lipinski definition) is 2. The first-order valence-electron chi connectivity index (χ1n) is 6.01. The summed E-state index contributed by atoms with van der Waals surface area (Å²) in [5.74, 6) is 0.954. The quantitative estimate of drug-likeness (QED) is 0.606. The zero-order valence-corrected chi connectivity index (χ0v) is 10.7. The second-order valence-electron chi connectivity index (χ2n) is 5.31. The standard InChI is InChI=1S/C13H20N4/c1-9-5-6-10(11(14)15)12(16-9)17-8-4-7-13(17,2)3/h5-6H,4,7-8H2,1-3H3,(H3,14,15). The minimum Gasteiger partial charge on any atom is -0.384 e. The number of hydrogen-bond acceptors (Lipinski definition) is 3. The van der Waals surface area contributed by atoms with Crippen molar-refractivity contribution in [3.05, 3.63) is 23.4 Å². The van der Waals surface area contributed by atoms with Crippen molar-refractivity contribution in [2.75, 3.05) is 11.4 Å². The van der Waals surface area contributed by atoms with Gasteiger partial charge >= 0.3 is 0 Å². The first kappa shape index (κ1) is 11.9. The van der Waals surface area contributed by atoms with Crippen LogP contribution >= 0.6 is 0 Å². The summed E-state index contributed by atoms with van der Waals surface area (Å²) >= 11 is 0. The van der Waals surface area contributed by atoms with Crippen molar-refractivity contribution < 1.29 is 0 Å². The molecule has 4 nitrogen and oxygen atoms in total. The molecule has 92 valence electrons. The lowest BCUT2D eigenvalue weighted by Crippen LogP contribution is -2.40. The summed E-state index contributed by atoms with van der Waals surface area (Å²) in [6.07, 6.45) is 2.32. The highest BCUT2D eigenvalue weighted by Crippen LogP contribution is 2.34. The Balaban J connectivity index is 2.50. The van der Waals surface area contributed by atoms with E-state index in [2.05, 4.69) is 23.7 Å². The van der Waals surface area contributed by atoms with Crippen LogP contribution < -0.4 is 10.6 Å². The molecule has 3 N–H and O–H groups in total. The van der Waals surface area contributed by atoms with Crippen LogP contribution in [-0.2, 0) is 0 Å². The maximum absolute atomic E-state index is 7.65. The normalized spacial score (nSPS) is 18.4. The lowest BCUT2D eigenvalue weighted by molar-refractivity contribution is 0.514. The van der Waals surface area contributed by atoms with Gasteiger partial charge in [-0.1, -0.05) is 0 Å². The van der Waals surface area contributed by atoms with E-state index in [1.807, 2.05) is 19.1 Å². The molecule has 0 amide bonds. The van der Waals surface area contributed by atoms with E-state index in [0.29, 0.717) is 0 Å². The predicted molar refractivity (Wildman–Crippen MR) is 70.6 cm³/mol.